The van der Waals surface area contributed by atoms with Gasteiger partial charge in [-0.1, -0.05) is 47.6 Å². The van der Waals surface area contributed by atoms with Crippen molar-refractivity contribution in [3.8, 4) is 0 Å². The number of benzene rings is 1. The average Bonchev–Trinajstić information content (AvgIpc) is 3.05. The first-order chi connectivity index (χ1) is 13.7. The second kappa shape index (κ2) is 7.73. The van der Waals surface area contributed by atoms with Gasteiger partial charge in [-0.2, -0.15) is 0 Å². The maximum absolute atomic E-state index is 11.9. The Bertz CT molecular complexity index is 1040. The first kappa shape index (κ1) is 20.9. The van der Waals surface area contributed by atoms with Crippen molar-refractivity contribution >= 4 is 51.1 Å². The molecule has 0 bridgehead atoms. The molecule has 3 aliphatic heterocycles. The van der Waals surface area contributed by atoms with Gasteiger partial charge in [-0.25, -0.2) is 4.58 Å². The van der Waals surface area contributed by atoms with Crippen LogP contribution in [0.5, 0.6) is 0 Å². The normalized spacial score (nSPS) is 26.1. The highest BCUT2D eigenvalue weighted by atomic mass is 35.9. The number of nitrogens with one attached hydrogen (secondary N) is 1. The number of carbonyl (C=O) groups is 1. The lowest BCUT2D eigenvalue weighted by Crippen LogP contribution is -2.57. The molecule has 0 spiro atoms. The van der Waals surface area contributed by atoms with E-state index in [1.807, 2.05) is 0 Å². The molecular formula is C20H23Cl2N2O4P. The van der Waals surface area contributed by atoms with Crippen LogP contribution in [0.1, 0.15) is 43.9 Å². The number of fused-ring (bicyclic) bond motifs is 6. The molecule has 0 saturated carbocycles. The van der Waals surface area contributed by atoms with Crippen LogP contribution in [-0.4, -0.2) is 40.4 Å². The fourth-order valence-electron chi connectivity index (χ4n) is 5.23. The Morgan fingerprint density at radius 1 is 1.31 bits per heavy atom. The molecule has 6 nitrogen and oxygen atoms in total. The molecule has 0 amide bonds. The van der Waals surface area contributed by atoms with E-state index < -0.39 is 6.07 Å². The largest absolute Gasteiger partial charge is 0.776 e. The first-order valence-corrected chi connectivity index (χ1v) is 13.3. The number of esters is 1. The third-order valence-electron chi connectivity index (χ3n) is 6.43. The summed E-state index contributed by atoms with van der Waals surface area (Å²) >= 11 is 8.59. The van der Waals surface area contributed by atoms with Gasteiger partial charge in [0, 0.05) is 30.2 Å². The number of hydrogen-bond donors (Lipinski definition) is 1. The molecule has 1 N–H and O–H groups in total. The monoisotopic (exact) mass is 456 g/mol. The summed E-state index contributed by atoms with van der Waals surface area (Å²) in [6.45, 7) is 4.32. The summed E-state index contributed by atoms with van der Waals surface area (Å²) < 4.78 is 17.6. The minimum Gasteiger partial charge on any atom is -0.776 e. The Labute approximate surface area is 178 Å². The summed E-state index contributed by atoms with van der Waals surface area (Å²) in [5, 5.41) is 1.35. The van der Waals surface area contributed by atoms with E-state index in [4.69, 9.17) is 4.74 Å². The molecule has 1 fully saturated rings. The summed E-state index contributed by atoms with van der Waals surface area (Å²) in [5.41, 5.74) is 5.35. The quantitative estimate of drug-likeness (QED) is 0.399. The van der Waals surface area contributed by atoms with Crippen LogP contribution in [0.3, 0.4) is 0 Å². The van der Waals surface area contributed by atoms with Crippen molar-refractivity contribution in [2.24, 2.45) is 5.41 Å². The van der Waals surface area contributed by atoms with E-state index in [0.717, 1.165) is 38.8 Å². The van der Waals surface area contributed by atoms with E-state index in [1.54, 1.807) is 0 Å². The van der Waals surface area contributed by atoms with Crippen molar-refractivity contribution in [1.82, 2.24) is 4.98 Å². The number of carbonyl (C=O) groups excluding carboxylic acids is 1. The Morgan fingerprint density at radius 3 is 2.76 bits per heavy atom. The molecule has 0 radical (unpaired) electrons. The van der Waals surface area contributed by atoms with Gasteiger partial charge in [-0.15, -0.1) is 0 Å². The average molecular weight is 457 g/mol. The summed E-state index contributed by atoms with van der Waals surface area (Å²) in [4.78, 5) is 24.8. The van der Waals surface area contributed by atoms with Crippen molar-refractivity contribution < 1.29 is 23.6 Å². The maximum Gasteiger partial charge on any atom is 0.306 e. The van der Waals surface area contributed by atoms with E-state index in [-0.39, 0.29) is 17.5 Å². The molecule has 9 heteroatoms. The summed E-state index contributed by atoms with van der Waals surface area (Å²) in [6.07, 6.45) is 0.606. The highest BCUT2D eigenvalue weighted by Gasteiger charge is 2.56. The van der Waals surface area contributed by atoms with Gasteiger partial charge in [0.1, 0.15) is 24.9 Å². The van der Waals surface area contributed by atoms with Crippen LogP contribution in [0.15, 0.2) is 24.3 Å². The zero-order valence-electron chi connectivity index (χ0n) is 16.1. The predicted octanol–water partition coefficient (Wildman–Crippen LogP) is 3.96. The third kappa shape index (κ3) is 3.88. The minimum absolute atomic E-state index is 0.0224. The highest BCUT2D eigenvalue weighted by Crippen LogP contribution is 2.47. The summed E-state index contributed by atoms with van der Waals surface area (Å²) in [6, 6.07) is 8.60. The predicted molar refractivity (Wildman–Crippen MR) is 112 cm³/mol. The molecule has 29 heavy (non-hydrogen) atoms. The van der Waals surface area contributed by atoms with Crippen molar-refractivity contribution in [3.05, 3.63) is 35.5 Å². The van der Waals surface area contributed by atoms with E-state index >= 15 is 0 Å². The molecule has 2 aromatic rings. The van der Waals surface area contributed by atoms with E-state index in [0.29, 0.717) is 6.42 Å². The zero-order valence-corrected chi connectivity index (χ0v) is 18.5. The number of para-hydroxylation sites is 1. The Morgan fingerprint density at radius 2 is 2.03 bits per heavy atom. The number of H-pyrrole nitrogens is 1. The van der Waals surface area contributed by atoms with Crippen LogP contribution in [0, 0.1) is 5.41 Å². The lowest BCUT2D eigenvalue weighted by molar-refractivity contribution is -0.541. The van der Waals surface area contributed by atoms with Gasteiger partial charge >= 0.3 is 5.97 Å². The number of halogens is 2. The highest BCUT2D eigenvalue weighted by molar-refractivity contribution is 8.03. The van der Waals surface area contributed by atoms with Crippen molar-refractivity contribution in [2.45, 2.75) is 45.1 Å². The van der Waals surface area contributed by atoms with Crippen molar-refractivity contribution in [3.63, 3.8) is 0 Å². The lowest BCUT2D eigenvalue weighted by Gasteiger charge is -2.45. The number of ether oxygens (including phenoxy) is 1. The smallest absolute Gasteiger partial charge is 0.306 e. The zero-order chi connectivity index (χ0) is 20.8. The molecule has 1 aromatic heterocycles. The first-order valence-electron chi connectivity index (χ1n) is 9.85. The number of rotatable bonds is 1. The number of aromatic amines is 1. The van der Waals surface area contributed by atoms with Crippen molar-refractivity contribution in [2.75, 3.05) is 13.1 Å². The Balaban J connectivity index is 0.000000369. The van der Waals surface area contributed by atoms with Crippen LogP contribution in [0.4, 0.5) is 0 Å². The molecular weight excluding hydrogens is 434 g/mol. The van der Waals surface area contributed by atoms with E-state index in [1.165, 1.54) is 27.9 Å². The van der Waals surface area contributed by atoms with Gasteiger partial charge in [0.15, 0.2) is 6.07 Å². The second-order valence-electron chi connectivity index (χ2n) is 7.80. The molecule has 2 atom stereocenters. The molecule has 1 saturated heterocycles. The SMILES string of the molecule is CC[C@@]12CCC(=O)O[C@H]1CC[N+]1=C2c2[nH]c3ccccc3c2CC1.O=P([O-])(Cl)Cl. The van der Waals surface area contributed by atoms with Crippen LogP contribution >= 0.6 is 28.6 Å². The number of hydrogen-bond acceptors (Lipinski definition) is 4. The van der Waals surface area contributed by atoms with E-state index in [2.05, 4.69) is 63.2 Å². The van der Waals surface area contributed by atoms with Gasteiger partial charge in [0.25, 0.3) is 0 Å². The topological polar surface area (TPSA) is 85.2 Å². The summed E-state index contributed by atoms with van der Waals surface area (Å²) in [7, 11) is 0. The van der Waals surface area contributed by atoms with Gasteiger partial charge < -0.3 is 19.2 Å². The number of nitrogens with zero attached hydrogens (tertiary/aromatic N) is 1. The van der Waals surface area contributed by atoms with Crippen molar-refractivity contribution in [1.29, 1.82) is 0 Å². The second-order valence-corrected chi connectivity index (χ2v) is 11.8. The van der Waals surface area contributed by atoms with Gasteiger partial charge in [-0.3, -0.25) is 4.79 Å². The molecule has 156 valence electrons. The maximum atomic E-state index is 11.9. The van der Waals surface area contributed by atoms with E-state index in [9.17, 15) is 14.3 Å². The molecule has 4 heterocycles. The van der Waals surface area contributed by atoms with Gasteiger partial charge in [0.2, 0.25) is 5.71 Å². The standard InChI is InChI=1S/C20H22N2O2.Cl2HO2P/c1-2-20-10-7-17(23)24-16(20)9-12-22-11-8-14-13-5-3-4-6-15(13)21-18(14)19(20)22;1-5(2,3)4/h3-6,16H,2,7-12H2,1H3;(H,3,4)/t16-,20+;/m0./s1. The molecule has 1 aromatic carbocycles. The lowest BCUT2D eigenvalue weighted by atomic mass is 9.65. The van der Waals surface area contributed by atoms with Gasteiger partial charge in [-0.05, 0) is 24.5 Å². The number of aromatic nitrogens is 1. The molecule has 0 aliphatic carbocycles. The van der Waals surface area contributed by atoms with Crippen LogP contribution in [0.2, 0.25) is 0 Å². The fraction of sp³-hybridized carbons (Fsp3) is 0.500. The Kier molecular flexibility index (Phi) is 5.58. The summed E-state index contributed by atoms with van der Waals surface area (Å²) in [5.74, 6) is -0.0224. The minimum atomic E-state index is -3.94. The van der Waals surface area contributed by atoms with Crippen LogP contribution < -0.4 is 4.89 Å². The fourth-order valence-corrected chi connectivity index (χ4v) is 5.23. The third-order valence-corrected chi connectivity index (χ3v) is 6.43. The Hall–Kier alpha value is -1.33. The van der Waals surface area contributed by atoms with Gasteiger partial charge in [0.05, 0.1) is 5.41 Å². The van der Waals surface area contributed by atoms with Crippen LogP contribution in [0.25, 0.3) is 10.9 Å². The van der Waals surface area contributed by atoms with Crippen LogP contribution in [-0.2, 0) is 20.5 Å². The molecule has 3 aliphatic rings. The molecule has 5 rings (SSSR count). The molecule has 0 unspecified atom stereocenters.